The van der Waals surface area contributed by atoms with Gasteiger partial charge < -0.3 is 25.4 Å². The van der Waals surface area contributed by atoms with Crippen molar-refractivity contribution in [3.63, 3.8) is 0 Å². The van der Waals surface area contributed by atoms with Crippen LogP contribution in [0.3, 0.4) is 0 Å². The van der Waals surface area contributed by atoms with E-state index in [4.69, 9.17) is 4.74 Å². The number of nitrogens with one attached hydrogen (secondary N) is 2. The van der Waals surface area contributed by atoms with E-state index in [1.54, 1.807) is 7.11 Å². The molecule has 1 aromatic rings. The molecule has 1 saturated heterocycles. The zero-order chi connectivity index (χ0) is 26.0. The lowest BCUT2D eigenvalue weighted by Crippen LogP contribution is -2.54. The molecule has 2 amide bonds. The first kappa shape index (κ1) is 28.9. The number of nitrogens with zero attached hydrogens (tertiary/aromatic N) is 1. The summed E-state index contributed by atoms with van der Waals surface area (Å²) in [5, 5.41) is 18.9. The number of urea groups is 1. The Balaban J connectivity index is 1.72. The fourth-order valence-electron chi connectivity index (χ4n) is 6.48. The number of hydrogen-bond donors (Lipinski definition) is 3. The van der Waals surface area contributed by atoms with E-state index in [0.717, 1.165) is 61.9 Å². The van der Waals surface area contributed by atoms with E-state index in [-0.39, 0.29) is 18.0 Å². The normalized spacial score (nSPS) is 21.7. The average Bonchev–Trinajstić information content (AvgIpc) is 2.88. The molecule has 0 aromatic heterocycles. The maximum Gasteiger partial charge on any atom is 0.317 e. The molecule has 1 aromatic carbocycles. The number of hydrogen-bond acceptors (Lipinski definition) is 4. The number of carbonyl (C=O) groups excluding carboxylic acids is 1. The average molecular weight is 502 g/mol. The van der Waals surface area contributed by atoms with Gasteiger partial charge in [0, 0.05) is 45.3 Å². The first-order valence-electron chi connectivity index (χ1n) is 14.4. The maximum atomic E-state index is 13.4. The van der Waals surface area contributed by atoms with E-state index in [1.807, 2.05) is 11.9 Å². The zero-order valence-corrected chi connectivity index (χ0v) is 23.3. The van der Waals surface area contributed by atoms with Crippen LogP contribution in [0.4, 0.5) is 4.79 Å². The first-order chi connectivity index (χ1) is 17.4. The van der Waals surface area contributed by atoms with Gasteiger partial charge in [-0.25, -0.2) is 4.79 Å². The number of aliphatic hydroxyl groups is 1. The molecule has 6 heteroatoms. The third-order valence-corrected chi connectivity index (χ3v) is 8.52. The number of unbranched alkanes of at least 4 members (excludes halogenated alkanes) is 1. The van der Waals surface area contributed by atoms with Gasteiger partial charge in [-0.3, -0.25) is 0 Å². The van der Waals surface area contributed by atoms with Crippen molar-refractivity contribution in [1.82, 2.24) is 15.5 Å². The topological polar surface area (TPSA) is 73.8 Å². The highest BCUT2D eigenvalue weighted by Crippen LogP contribution is 2.41. The van der Waals surface area contributed by atoms with E-state index in [2.05, 4.69) is 42.7 Å². The minimum absolute atomic E-state index is 0.0149. The molecule has 0 radical (unpaired) electrons. The van der Waals surface area contributed by atoms with Crippen LogP contribution in [0.2, 0.25) is 0 Å². The second-order valence-corrected chi connectivity index (χ2v) is 11.4. The second-order valence-electron chi connectivity index (χ2n) is 11.4. The predicted molar refractivity (Wildman–Crippen MR) is 147 cm³/mol. The lowest BCUT2D eigenvalue weighted by molar-refractivity contribution is -0.0568. The third-order valence-electron chi connectivity index (χ3n) is 8.52. The number of rotatable bonds is 12. The van der Waals surface area contributed by atoms with Gasteiger partial charge >= 0.3 is 6.03 Å². The summed E-state index contributed by atoms with van der Waals surface area (Å²) in [5.74, 6) is 0.731. The van der Waals surface area contributed by atoms with Gasteiger partial charge in [0.05, 0.1) is 5.60 Å². The van der Waals surface area contributed by atoms with Gasteiger partial charge in [-0.05, 0) is 76.5 Å². The number of likely N-dealkylation sites (N-methyl/N-ethyl adjacent to an activating group) is 1. The summed E-state index contributed by atoms with van der Waals surface area (Å²) >= 11 is 0. The Morgan fingerprint density at radius 3 is 2.67 bits per heavy atom. The fourth-order valence-corrected chi connectivity index (χ4v) is 6.48. The number of methoxy groups -OCH3 is 1. The standard InChI is InChI=1S/C30H51N3O3/c1-23-14-15-24(2)28(19-23)30(35,16-8-9-18-36-4)26-13-10-17-33(22-26)29(34)32-27(21-31-3)20-25-11-6-5-7-12-25/h14-15,19,25-27,31,35H,5-13,16-18,20-22H2,1-4H3,(H,32,34)/t26-,27?,30+/m1/s1. The van der Waals surface area contributed by atoms with E-state index in [0.29, 0.717) is 25.5 Å². The number of carbonyl (C=O) groups is 1. The third kappa shape index (κ3) is 7.93. The lowest BCUT2D eigenvalue weighted by Gasteiger charge is -2.44. The molecular formula is C30H51N3O3. The van der Waals surface area contributed by atoms with Gasteiger partial charge in [-0.1, -0.05) is 55.9 Å². The van der Waals surface area contributed by atoms with Crippen LogP contribution in [0.5, 0.6) is 0 Å². The summed E-state index contributed by atoms with van der Waals surface area (Å²) < 4.78 is 5.26. The Bertz CT molecular complexity index is 811. The van der Waals surface area contributed by atoms with Crippen LogP contribution < -0.4 is 10.6 Å². The Kier molecular flexibility index (Phi) is 11.5. The summed E-state index contributed by atoms with van der Waals surface area (Å²) in [6.07, 6.45) is 12.0. The highest BCUT2D eigenvalue weighted by Gasteiger charge is 2.42. The van der Waals surface area contributed by atoms with Crippen molar-refractivity contribution in [2.45, 2.75) is 96.1 Å². The highest BCUT2D eigenvalue weighted by atomic mass is 16.5. The molecule has 3 rings (SSSR count). The molecule has 1 aliphatic heterocycles. The van der Waals surface area contributed by atoms with Crippen LogP contribution in [-0.2, 0) is 10.3 Å². The minimum Gasteiger partial charge on any atom is -0.385 e. The van der Waals surface area contributed by atoms with E-state index < -0.39 is 5.60 Å². The highest BCUT2D eigenvalue weighted by molar-refractivity contribution is 5.74. The van der Waals surface area contributed by atoms with Crippen LogP contribution in [0.25, 0.3) is 0 Å². The summed E-state index contributed by atoms with van der Waals surface area (Å²) in [6, 6.07) is 6.55. The largest absolute Gasteiger partial charge is 0.385 e. The monoisotopic (exact) mass is 501 g/mol. The molecule has 6 nitrogen and oxygen atoms in total. The van der Waals surface area contributed by atoms with Crippen molar-refractivity contribution in [3.8, 4) is 0 Å². The molecule has 1 aliphatic carbocycles. The number of amides is 2. The molecule has 2 aliphatic rings. The maximum absolute atomic E-state index is 13.4. The van der Waals surface area contributed by atoms with Gasteiger partial charge in [0.15, 0.2) is 0 Å². The van der Waals surface area contributed by atoms with Gasteiger partial charge in [0.25, 0.3) is 0 Å². The van der Waals surface area contributed by atoms with Crippen LogP contribution in [0, 0.1) is 25.7 Å². The fraction of sp³-hybridized carbons (Fsp3) is 0.767. The van der Waals surface area contributed by atoms with Crippen molar-refractivity contribution in [2.75, 3.05) is 40.4 Å². The summed E-state index contributed by atoms with van der Waals surface area (Å²) in [7, 11) is 3.69. The van der Waals surface area contributed by atoms with E-state index >= 15 is 0 Å². The van der Waals surface area contributed by atoms with Crippen LogP contribution >= 0.6 is 0 Å². The van der Waals surface area contributed by atoms with E-state index in [9.17, 15) is 9.90 Å². The van der Waals surface area contributed by atoms with Crippen molar-refractivity contribution >= 4 is 6.03 Å². The van der Waals surface area contributed by atoms with Crippen molar-refractivity contribution in [2.24, 2.45) is 11.8 Å². The molecule has 3 N–H and O–H groups in total. The molecule has 1 unspecified atom stereocenters. The minimum atomic E-state index is -0.949. The molecule has 0 bridgehead atoms. The van der Waals surface area contributed by atoms with Gasteiger partial charge in [-0.15, -0.1) is 0 Å². The number of ether oxygens (including phenoxy) is 1. The number of aryl methyl sites for hydroxylation is 2. The molecular weight excluding hydrogens is 450 g/mol. The van der Waals surface area contributed by atoms with Crippen LogP contribution in [0.1, 0.15) is 87.3 Å². The van der Waals surface area contributed by atoms with Crippen molar-refractivity contribution in [3.05, 3.63) is 34.9 Å². The van der Waals surface area contributed by atoms with Gasteiger partial charge in [-0.2, -0.15) is 0 Å². The van der Waals surface area contributed by atoms with Crippen molar-refractivity contribution < 1.29 is 14.6 Å². The molecule has 36 heavy (non-hydrogen) atoms. The smallest absolute Gasteiger partial charge is 0.317 e. The van der Waals surface area contributed by atoms with E-state index in [1.165, 1.54) is 32.1 Å². The Morgan fingerprint density at radius 2 is 1.94 bits per heavy atom. The quantitative estimate of drug-likeness (QED) is 0.340. The van der Waals surface area contributed by atoms with Crippen LogP contribution in [0.15, 0.2) is 18.2 Å². The molecule has 2 fully saturated rings. The summed E-state index contributed by atoms with van der Waals surface area (Å²) in [5.41, 5.74) is 2.36. The lowest BCUT2D eigenvalue weighted by atomic mass is 9.72. The van der Waals surface area contributed by atoms with Crippen LogP contribution in [-0.4, -0.2) is 62.5 Å². The predicted octanol–water partition coefficient (Wildman–Crippen LogP) is 5.29. The number of likely N-dealkylation sites (tertiary alicyclic amines) is 1. The van der Waals surface area contributed by atoms with Gasteiger partial charge in [0.2, 0.25) is 0 Å². The first-order valence-corrected chi connectivity index (χ1v) is 14.4. The molecule has 204 valence electrons. The summed E-state index contributed by atoms with van der Waals surface area (Å²) in [4.78, 5) is 15.4. The number of piperidine rings is 1. The molecule has 3 atom stereocenters. The molecule has 1 saturated carbocycles. The molecule has 0 spiro atoms. The Hall–Kier alpha value is -1.63. The zero-order valence-electron chi connectivity index (χ0n) is 23.3. The SMILES string of the molecule is CNCC(CC1CCCCC1)NC(=O)N1CCC[C@@H]([C@@](O)(CCCCOC)c2cc(C)ccc2C)C1. The second kappa shape index (κ2) is 14.3. The number of benzene rings is 1. The van der Waals surface area contributed by atoms with Gasteiger partial charge in [0.1, 0.15) is 0 Å². The van der Waals surface area contributed by atoms with Crippen molar-refractivity contribution in [1.29, 1.82) is 0 Å². The Morgan fingerprint density at radius 1 is 1.17 bits per heavy atom. The Labute approximate surface area is 219 Å². The summed E-state index contributed by atoms with van der Waals surface area (Å²) in [6.45, 7) is 7.03. The molecule has 1 heterocycles.